The van der Waals surface area contributed by atoms with E-state index in [0.29, 0.717) is 13.1 Å². The number of hydrogen-bond acceptors (Lipinski definition) is 3. The van der Waals surface area contributed by atoms with Crippen LogP contribution in [0.5, 0.6) is 0 Å². The minimum absolute atomic E-state index is 0.547. The van der Waals surface area contributed by atoms with Gasteiger partial charge in [0.05, 0.1) is 6.54 Å². The van der Waals surface area contributed by atoms with E-state index in [2.05, 4.69) is 34.4 Å². The monoisotopic (exact) mass is 264 g/mol. The summed E-state index contributed by atoms with van der Waals surface area (Å²) in [7, 11) is 0. The van der Waals surface area contributed by atoms with Crippen molar-refractivity contribution in [3.63, 3.8) is 0 Å². The van der Waals surface area contributed by atoms with Crippen molar-refractivity contribution in [2.24, 2.45) is 5.84 Å². The molecule has 1 heterocycles. The minimum atomic E-state index is 0.547. The first-order valence-corrected chi connectivity index (χ1v) is 6.11. The van der Waals surface area contributed by atoms with Gasteiger partial charge in [0.2, 0.25) is 0 Å². The van der Waals surface area contributed by atoms with Gasteiger partial charge in [0.15, 0.2) is 0 Å². The zero-order valence-corrected chi connectivity index (χ0v) is 11.1. The molecule has 1 aromatic heterocycles. The van der Waals surface area contributed by atoms with Gasteiger partial charge in [-0.15, -0.1) is 0 Å². The smallest absolute Gasteiger partial charge is 0.0548 e. The molecule has 96 valence electrons. The largest absolute Gasteiger partial charge is 0.382 e. The second-order valence-corrected chi connectivity index (χ2v) is 4.73. The van der Waals surface area contributed by atoms with E-state index >= 15 is 0 Å². The van der Waals surface area contributed by atoms with Crippen LogP contribution in [0.25, 0.3) is 10.9 Å². The number of aromatic nitrogens is 1. The van der Waals surface area contributed by atoms with Gasteiger partial charge in [0.1, 0.15) is 0 Å². The summed E-state index contributed by atoms with van der Waals surface area (Å²) in [5, 5.41) is 5.09. The van der Waals surface area contributed by atoms with E-state index in [1.54, 1.807) is 0 Å². The zero-order valence-electron chi connectivity index (χ0n) is 10.3. The quantitative estimate of drug-likeness (QED) is 0.494. The summed E-state index contributed by atoms with van der Waals surface area (Å²) >= 11 is 6.10. The average molecular weight is 265 g/mol. The summed E-state index contributed by atoms with van der Waals surface area (Å²) in [5.41, 5.74) is 6.66. The Morgan fingerprint density at radius 3 is 2.94 bits per heavy atom. The molecule has 2 aromatic rings. The molecule has 0 aliphatic carbocycles. The van der Waals surface area contributed by atoms with Crippen LogP contribution < -0.4 is 16.6 Å². The number of hydrogen-bond donors (Lipinski definition) is 4. The predicted molar refractivity (Wildman–Crippen MR) is 76.2 cm³/mol. The van der Waals surface area contributed by atoms with Gasteiger partial charge in [-0.05, 0) is 30.7 Å². The summed E-state index contributed by atoms with van der Waals surface area (Å²) in [6, 6.07) is 6.11. The van der Waals surface area contributed by atoms with Crippen molar-refractivity contribution in [3.8, 4) is 0 Å². The highest BCUT2D eigenvalue weighted by Crippen LogP contribution is 2.23. The van der Waals surface area contributed by atoms with Crippen LogP contribution in [0.1, 0.15) is 11.3 Å². The van der Waals surface area contributed by atoms with Crippen molar-refractivity contribution in [2.75, 3.05) is 6.54 Å². The van der Waals surface area contributed by atoms with Gasteiger partial charge in [0.25, 0.3) is 0 Å². The summed E-state index contributed by atoms with van der Waals surface area (Å²) in [4.78, 5) is 3.35. The molecule has 0 radical (unpaired) electrons. The van der Waals surface area contributed by atoms with Gasteiger partial charge < -0.3 is 10.3 Å². The fourth-order valence-corrected chi connectivity index (χ4v) is 1.99. The van der Waals surface area contributed by atoms with E-state index in [4.69, 9.17) is 17.4 Å². The molecule has 0 saturated carbocycles. The highest BCUT2D eigenvalue weighted by Gasteiger charge is 2.04. The van der Waals surface area contributed by atoms with Crippen LogP contribution in [-0.4, -0.2) is 11.5 Å². The number of H-pyrrole nitrogens is 1. The molecule has 0 fully saturated rings. The number of halogens is 1. The number of rotatable bonds is 5. The van der Waals surface area contributed by atoms with Gasteiger partial charge in [-0.2, -0.15) is 0 Å². The third-order valence-electron chi connectivity index (χ3n) is 2.80. The third kappa shape index (κ3) is 2.85. The maximum atomic E-state index is 6.10. The number of aromatic amines is 1. The fraction of sp³-hybridized carbons (Fsp3) is 0.231. The van der Waals surface area contributed by atoms with Gasteiger partial charge in [0, 0.05) is 33.9 Å². The molecule has 0 atom stereocenters. The fourth-order valence-electron chi connectivity index (χ4n) is 1.82. The normalized spacial score (nSPS) is 10.8. The van der Waals surface area contributed by atoms with E-state index in [1.165, 1.54) is 0 Å². The Labute approximate surface area is 111 Å². The standard InChI is InChI=1S/C13H17ClN4/c1-8-3-13-10(5-12(8)14)4-11(18-13)7-16-9(2)6-17-15/h3-5,16-18H,2,6-7,15H2,1H3. The Balaban J connectivity index is 2.13. The molecule has 0 spiro atoms. The lowest BCUT2D eigenvalue weighted by Crippen LogP contribution is -2.29. The molecule has 4 nitrogen and oxygen atoms in total. The lowest BCUT2D eigenvalue weighted by Gasteiger charge is -2.07. The first kappa shape index (κ1) is 13.0. The SMILES string of the molecule is C=C(CNN)NCc1cc2cc(Cl)c(C)cc2[nH]1. The van der Waals surface area contributed by atoms with Crippen LogP contribution in [0.15, 0.2) is 30.5 Å². The number of nitrogens with one attached hydrogen (secondary N) is 3. The lowest BCUT2D eigenvalue weighted by molar-refractivity contribution is 0.705. The third-order valence-corrected chi connectivity index (χ3v) is 3.21. The molecule has 5 heteroatoms. The van der Waals surface area contributed by atoms with Gasteiger partial charge in [-0.25, -0.2) is 0 Å². The van der Waals surface area contributed by atoms with Crippen LogP contribution in [0.3, 0.4) is 0 Å². The number of nitrogens with two attached hydrogens (primary N) is 1. The van der Waals surface area contributed by atoms with Gasteiger partial charge >= 0.3 is 0 Å². The van der Waals surface area contributed by atoms with Crippen molar-refractivity contribution in [2.45, 2.75) is 13.5 Å². The molecule has 0 bridgehead atoms. The van der Waals surface area contributed by atoms with Crippen molar-refractivity contribution in [3.05, 3.63) is 46.8 Å². The van der Waals surface area contributed by atoms with E-state index in [9.17, 15) is 0 Å². The maximum Gasteiger partial charge on any atom is 0.0548 e. The topological polar surface area (TPSA) is 65.9 Å². The van der Waals surface area contributed by atoms with Crippen LogP contribution in [0.2, 0.25) is 5.02 Å². The molecule has 0 amide bonds. The number of benzene rings is 1. The van der Waals surface area contributed by atoms with Crippen LogP contribution >= 0.6 is 11.6 Å². The Bertz CT molecular complexity index is 535. The molecule has 0 aliphatic rings. The van der Waals surface area contributed by atoms with Crippen LogP contribution in [-0.2, 0) is 6.54 Å². The number of hydrazine groups is 1. The Morgan fingerprint density at radius 2 is 2.22 bits per heavy atom. The van der Waals surface area contributed by atoms with Crippen LogP contribution in [0, 0.1) is 6.92 Å². The zero-order chi connectivity index (χ0) is 13.1. The van der Waals surface area contributed by atoms with Crippen LogP contribution in [0.4, 0.5) is 0 Å². The molecule has 5 N–H and O–H groups in total. The van der Waals surface area contributed by atoms with Crippen molar-refractivity contribution in [1.29, 1.82) is 0 Å². The highest BCUT2D eigenvalue weighted by atomic mass is 35.5. The van der Waals surface area contributed by atoms with Crippen molar-refractivity contribution >= 4 is 22.5 Å². The second-order valence-electron chi connectivity index (χ2n) is 4.32. The van der Waals surface area contributed by atoms with E-state index in [1.807, 2.05) is 13.0 Å². The summed E-state index contributed by atoms with van der Waals surface area (Å²) < 4.78 is 0. The molecule has 0 saturated heterocycles. The molecule has 1 aromatic carbocycles. The highest BCUT2D eigenvalue weighted by molar-refractivity contribution is 6.32. The molecular weight excluding hydrogens is 248 g/mol. The maximum absolute atomic E-state index is 6.10. The Kier molecular flexibility index (Phi) is 3.91. The molecule has 18 heavy (non-hydrogen) atoms. The number of aryl methyl sites for hydroxylation is 1. The molecule has 2 rings (SSSR count). The molecule has 0 unspecified atom stereocenters. The molecule has 0 aliphatic heterocycles. The summed E-state index contributed by atoms with van der Waals surface area (Å²) in [6.45, 7) is 7.08. The molecular formula is C13H17ClN4. The minimum Gasteiger partial charge on any atom is -0.382 e. The van der Waals surface area contributed by atoms with Gasteiger partial charge in [-0.1, -0.05) is 18.2 Å². The summed E-state index contributed by atoms with van der Waals surface area (Å²) in [6.07, 6.45) is 0. The van der Waals surface area contributed by atoms with Crippen molar-refractivity contribution in [1.82, 2.24) is 15.7 Å². The second kappa shape index (κ2) is 5.44. The van der Waals surface area contributed by atoms with E-state index < -0.39 is 0 Å². The average Bonchev–Trinajstić information content (AvgIpc) is 2.69. The Hall–Kier alpha value is -1.49. The number of fused-ring (bicyclic) bond motifs is 1. The van der Waals surface area contributed by atoms with E-state index in [-0.39, 0.29) is 0 Å². The predicted octanol–water partition coefficient (Wildman–Crippen LogP) is 2.20. The van der Waals surface area contributed by atoms with Crippen molar-refractivity contribution < 1.29 is 0 Å². The Morgan fingerprint density at radius 1 is 1.44 bits per heavy atom. The summed E-state index contributed by atoms with van der Waals surface area (Å²) in [5.74, 6) is 5.22. The first-order valence-electron chi connectivity index (χ1n) is 5.73. The van der Waals surface area contributed by atoms with E-state index in [0.717, 1.165) is 32.9 Å². The first-order chi connectivity index (χ1) is 8.60. The lowest BCUT2D eigenvalue weighted by atomic mass is 10.2. The van der Waals surface area contributed by atoms with Gasteiger partial charge in [-0.3, -0.25) is 11.3 Å².